The zero-order chi connectivity index (χ0) is 19.5. The number of esters is 1. The first-order chi connectivity index (χ1) is 12.3. The standard InChI is InChI=1S/C17H18N2O7/c1-4-19-13(21)10-7-5-6-8-11(10)17(14(19)22,15(23)25-2)9-12(20)18-16(24)26-3/h5-8H,4,9H2,1-3H3,(H,18,20,24). The maximum absolute atomic E-state index is 13.1. The Morgan fingerprint density at radius 2 is 1.77 bits per heavy atom. The fraction of sp³-hybridized carbons (Fsp3) is 0.353. The van der Waals surface area contributed by atoms with Gasteiger partial charge in [-0.15, -0.1) is 0 Å². The molecule has 0 bridgehead atoms. The average Bonchev–Trinajstić information content (AvgIpc) is 2.64. The van der Waals surface area contributed by atoms with Gasteiger partial charge in [0.25, 0.3) is 11.8 Å². The Hall–Kier alpha value is -3.23. The minimum absolute atomic E-state index is 0.00334. The smallest absolute Gasteiger partial charge is 0.413 e. The summed E-state index contributed by atoms with van der Waals surface area (Å²) >= 11 is 0. The van der Waals surface area contributed by atoms with Crippen LogP contribution in [0.3, 0.4) is 0 Å². The lowest BCUT2D eigenvalue weighted by atomic mass is 9.71. The maximum atomic E-state index is 13.1. The Morgan fingerprint density at radius 1 is 1.12 bits per heavy atom. The van der Waals surface area contributed by atoms with Crippen molar-refractivity contribution in [1.29, 1.82) is 0 Å². The van der Waals surface area contributed by atoms with Gasteiger partial charge in [0, 0.05) is 12.1 Å². The van der Waals surface area contributed by atoms with Crippen molar-refractivity contribution in [3.05, 3.63) is 35.4 Å². The number of nitrogens with one attached hydrogen (secondary N) is 1. The molecule has 2 rings (SSSR count). The van der Waals surface area contributed by atoms with Gasteiger partial charge in [-0.05, 0) is 18.6 Å². The van der Waals surface area contributed by atoms with Gasteiger partial charge in [-0.3, -0.25) is 29.4 Å². The molecule has 0 radical (unpaired) electrons. The molecule has 1 aliphatic rings. The molecule has 1 aromatic rings. The van der Waals surface area contributed by atoms with Crippen LogP contribution in [0.15, 0.2) is 24.3 Å². The molecule has 1 heterocycles. The highest BCUT2D eigenvalue weighted by molar-refractivity contribution is 6.22. The summed E-state index contributed by atoms with van der Waals surface area (Å²) in [7, 11) is 2.14. The summed E-state index contributed by atoms with van der Waals surface area (Å²) in [5.41, 5.74) is -1.90. The van der Waals surface area contributed by atoms with Gasteiger partial charge in [0.15, 0.2) is 5.41 Å². The molecule has 0 fully saturated rings. The molecule has 9 heteroatoms. The van der Waals surface area contributed by atoms with E-state index in [4.69, 9.17) is 4.74 Å². The summed E-state index contributed by atoms with van der Waals surface area (Å²) in [4.78, 5) is 62.7. The number of alkyl carbamates (subject to hydrolysis) is 1. The first kappa shape index (κ1) is 19.1. The molecule has 0 spiro atoms. The van der Waals surface area contributed by atoms with E-state index in [2.05, 4.69) is 4.74 Å². The molecular formula is C17H18N2O7. The summed E-state index contributed by atoms with van der Waals surface area (Å²) in [6.07, 6.45) is -1.75. The molecule has 0 saturated carbocycles. The fourth-order valence-corrected chi connectivity index (χ4v) is 2.98. The number of nitrogens with zero attached hydrogens (tertiary/aromatic N) is 1. The predicted molar refractivity (Wildman–Crippen MR) is 87.0 cm³/mol. The number of amides is 4. The van der Waals surface area contributed by atoms with Crippen LogP contribution in [0.1, 0.15) is 29.3 Å². The molecule has 1 unspecified atom stereocenters. The molecule has 9 nitrogen and oxygen atoms in total. The molecular weight excluding hydrogens is 344 g/mol. The number of imide groups is 2. The summed E-state index contributed by atoms with van der Waals surface area (Å²) < 4.78 is 9.14. The molecule has 0 saturated heterocycles. The largest absolute Gasteiger partial charge is 0.468 e. The minimum atomic E-state index is -2.08. The first-order valence-corrected chi connectivity index (χ1v) is 7.75. The summed E-state index contributed by atoms with van der Waals surface area (Å²) in [6.45, 7) is 1.57. The summed E-state index contributed by atoms with van der Waals surface area (Å²) in [6, 6.07) is 6.00. The Balaban J connectivity index is 2.65. The van der Waals surface area contributed by atoms with Gasteiger partial charge >= 0.3 is 12.1 Å². The van der Waals surface area contributed by atoms with Gasteiger partial charge in [-0.25, -0.2) is 4.79 Å². The lowest BCUT2D eigenvalue weighted by Gasteiger charge is -2.39. The van der Waals surface area contributed by atoms with Crippen molar-refractivity contribution in [2.75, 3.05) is 20.8 Å². The van der Waals surface area contributed by atoms with E-state index >= 15 is 0 Å². The van der Waals surface area contributed by atoms with Crippen LogP contribution in [0, 0.1) is 0 Å². The van der Waals surface area contributed by atoms with E-state index in [1.54, 1.807) is 13.0 Å². The second kappa shape index (κ2) is 7.34. The van der Waals surface area contributed by atoms with Crippen molar-refractivity contribution in [2.24, 2.45) is 0 Å². The molecule has 1 N–H and O–H groups in total. The van der Waals surface area contributed by atoms with Crippen LogP contribution in [0.4, 0.5) is 4.79 Å². The van der Waals surface area contributed by atoms with Crippen LogP contribution < -0.4 is 5.32 Å². The second-order valence-corrected chi connectivity index (χ2v) is 5.51. The lowest BCUT2D eigenvalue weighted by Crippen LogP contribution is -2.60. The van der Waals surface area contributed by atoms with E-state index < -0.39 is 41.6 Å². The molecule has 26 heavy (non-hydrogen) atoms. The highest BCUT2D eigenvalue weighted by Crippen LogP contribution is 2.39. The number of fused-ring (bicyclic) bond motifs is 1. The van der Waals surface area contributed by atoms with Gasteiger partial charge in [0.1, 0.15) is 0 Å². The number of hydrogen-bond donors (Lipinski definition) is 1. The van der Waals surface area contributed by atoms with E-state index in [-0.39, 0.29) is 17.7 Å². The number of rotatable bonds is 4. The number of carbonyl (C=O) groups is 5. The number of hydrogen-bond acceptors (Lipinski definition) is 7. The summed E-state index contributed by atoms with van der Waals surface area (Å²) in [5.74, 6) is -3.37. The number of likely N-dealkylation sites (N-methyl/N-ethyl adjacent to an activating group) is 1. The third kappa shape index (κ3) is 2.92. The van der Waals surface area contributed by atoms with Gasteiger partial charge in [0.05, 0.1) is 20.6 Å². The van der Waals surface area contributed by atoms with Crippen LogP contribution in [-0.4, -0.2) is 55.4 Å². The maximum Gasteiger partial charge on any atom is 0.413 e. The molecule has 0 aromatic heterocycles. The lowest BCUT2D eigenvalue weighted by molar-refractivity contribution is -0.158. The molecule has 138 valence electrons. The van der Waals surface area contributed by atoms with Gasteiger partial charge in [0.2, 0.25) is 5.91 Å². The summed E-state index contributed by atoms with van der Waals surface area (Å²) in [5, 5.41) is 1.91. The van der Waals surface area contributed by atoms with E-state index in [1.807, 2.05) is 5.32 Å². The fourth-order valence-electron chi connectivity index (χ4n) is 2.98. The van der Waals surface area contributed by atoms with E-state index in [0.29, 0.717) is 0 Å². The third-order valence-corrected chi connectivity index (χ3v) is 4.18. The Bertz CT molecular complexity index is 789. The van der Waals surface area contributed by atoms with Crippen LogP contribution >= 0.6 is 0 Å². The quantitative estimate of drug-likeness (QED) is 0.467. The van der Waals surface area contributed by atoms with E-state index in [9.17, 15) is 24.0 Å². The molecule has 1 aliphatic heterocycles. The van der Waals surface area contributed by atoms with Crippen molar-refractivity contribution >= 4 is 29.8 Å². The zero-order valence-electron chi connectivity index (χ0n) is 14.5. The SMILES string of the molecule is CCN1C(=O)c2ccccc2C(CC(=O)NC(=O)OC)(C(=O)OC)C1=O. The topological polar surface area (TPSA) is 119 Å². The number of carbonyl (C=O) groups excluding carboxylic acids is 5. The zero-order valence-corrected chi connectivity index (χ0v) is 14.5. The monoisotopic (exact) mass is 362 g/mol. The van der Waals surface area contributed by atoms with Crippen LogP contribution in [0.2, 0.25) is 0 Å². The Labute approximate surface area is 149 Å². The van der Waals surface area contributed by atoms with Gasteiger partial charge in [-0.2, -0.15) is 0 Å². The number of ether oxygens (including phenoxy) is 2. The van der Waals surface area contributed by atoms with Crippen molar-refractivity contribution < 1.29 is 33.4 Å². The van der Waals surface area contributed by atoms with Crippen molar-refractivity contribution in [3.8, 4) is 0 Å². The van der Waals surface area contributed by atoms with E-state index in [0.717, 1.165) is 19.1 Å². The Morgan fingerprint density at radius 3 is 2.35 bits per heavy atom. The predicted octanol–water partition coefficient (Wildman–Crippen LogP) is 0.372. The van der Waals surface area contributed by atoms with Gasteiger partial charge < -0.3 is 9.47 Å². The second-order valence-electron chi connectivity index (χ2n) is 5.51. The number of methoxy groups -OCH3 is 2. The third-order valence-electron chi connectivity index (χ3n) is 4.18. The molecule has 0 aliphatic carbocycles. The van der Waals surface area contributed by atoms with Crippen molar-refractivity contribution in [2.45, 2.75) is 18.8 Å². The minimum Gasteiger partial charge on any atom is -0.468 e. The molecule has 1 atom stereocenters. The van der Waals surface area contributed by atoms with Crippen molar-refractivity contribution in [3.63, 3.8) is 0 Å². The first-order valence-electron chi connectivity index (χ1n) is 7.75. The van der Waals surface area contributed by atoms with Crippen LogP contribution in [0.25, 0.3) is 0 Å². The van der Waals surface area contributed by atoms with Crippen LogP contribution in [0.5, 0.6) is 0 Å². The Kier molecular flexibility index (Phi) is 5.39. The molecule has 1 aromatic carbocycles. The van der Waals surface area contributed by atoms with Crippen LogP contribution in [-0.2, 0) is 29.3 Å². The molecule has 4 amide bonds. The normalized spacial score (nSPS) is 18.8. The van der Waals surface area contributed by atoms with Crippen molar-refractivity contribution in [1.82, 2.24) is 10.2 Å². The average molecular weight is 362 g/mol. The van der Waals surface area contributed by atoms with Gasteiger partial charge in [-0.1, -0.05) is 18.2 Å². The van der Waals surface area contributed by atoms with E-state index in [1.165, 1.54) is 18.2 Å². The highest BCUT2D eigenvalue weighted by Gasteiger charge is 2.57. The number of benzene rings is 1. The highest BCUT2D eigenvalue weighted by atomic mass is 16.5.